The van der Waals surface area contributed by atoms with Gasteiger partial charge in [-0.3, -0.25) is 4.98 Å². The van der Waals surface area contributed by atoms with Gasteiger partial charge in [0.15, 0.2) is 0 Å². The second-order valence-electron chi connectivity index (χ2n) is 6.50. The van der Waals surface area contributed by atoms with Crippen LogP contribution in [0.3, 0.4) is 0 Å². The molecule has 2 unspecified atom stereocenters. The number of rotatable bonds is 2. The molecular weight excluding hydrogens is 240 g/mol. The highest BCUT2D eigenvalue weighted by Gasteiger charge is 2.48. The Hall–Kier alpha value is -1.16. The number of ether oxygens (including phenoxy) is 1. The molecule has 4 heteroatoms. The zero-order chi connectivity index (χ0) is 14.1. The van der Waals surface area contributed by atoms with E-state index in [0.717, 1.165) is 25.7 Å². The number of aliphatic hydroxyl groups is 1. The maximum atomic E-state index is 11.3. The Bertz CT molecular complexity index is 442. The molecule has 1 aliphatic rings. The van der Waals surface area contributed by atoms with Crippen LogP contribution in [0, 0.1) is 11.3 Å². The third-order valence-corrected chi connectivity index (χ3v) is 4.19. The highest BCUT2D eigenvalue weighted by atomic mass is 16.5. The normalized spacial score (nSPS) is 28.2. The lowest BCUT2D eigenvalue weighted by Crippen LogP contribution is -2.45. The molecule has 0 aromatic carbocycles. The molecular formula is C15H24N2O2. The predicted molar refractivity (Wildman–Crippen MR) is 73.9 cm³/mol. The van der Waals surface area contributed by atoms with Gasteiger partial charge >= 0.3 is 0 Å². The van der Waals surface area contributed by atoms with Crippen LogP contribution in [0.2, 0.25) is 0 Å². The Morgan fingerprint density at radius 2 is 1.95 bits per heavy atom. The van der Waals surface area contributed by atoms with Gasteiger partial charge < -0.3 is 9.84 Å². The van der Waals surface area contributed by atoms with E-state index in [2.05, 4.69) is 30.7 Å². The summed E-state index contributed by atoms with van der Waals surface area (Å²) in [5.41, 5.74) is -0.314. The number of hydrogen-bond acceptors (Lipinski definition) is 4. The van der Waals surface area contributed by atoms with Crippen molar-refractivity contribution in [1.82, 2.24) is 9.97 Å². The maximum Gasteiger partial charge on any atom is 0.238 e. The van der Waals surface area contributed by atoms with E-state index in [4.69, 9.17) is 4.74 Å². The van der Waals surface area contributed by atoms with Gasteiger partial charge in [0.25, 0.3) is 0 Å². The molecule has 0 bridgehead atoms. The number of nitrogens with zero attached hydrogens (tertiary/aromatic N) is 2. The molecule has 0 amide bonds. The minimum atomic E-state index is -0.934. The third-order valence-electron chi connectivity index (χ3n) is 4.19. The van der Waals surface area contributed by atoms with Gasteiger partial charge in [0.2, 0.25) is 5.88 Å². The molecule has 2 rings (SSSR count). The van der Waals surface area contributed by atoms with Crippen LogP contribution < -0.4 is 4.74 Å². The highest BCUT2D eigenvalue weighted by molar-refractivity contribution is 5.26. The lowest BCUT2D eigenvalue weighted by molar-refractivity contribution is -0.100. The fraction of sp³-hybridized carbons (Fsp3) is 0.733. The minimum absolute atomic E-state index is 0.0255. The van der Waals surface area contributed by atoms with E-state index in [0.29, 0.717) is 11.6 Å². The van der Waals surface area contributed by atoms with Gasteiger partial charge in [-0.05, 0) is 24.2 Å². The predicted octanol–water partition coefficient (Wildman–Crippen LogP) is 2.91. The van der Waals surface area contributed by atoms with E-state index < -0.39 is 5.60 Å². The zero-order valence-electron chi connectivity index (χ0n) is 12.3. The maximum absolute atomic E-state index is 11.3. The van der Waals surface area contributed by atoms with E-state index >= 15 is 0 Å². The van der Waals surface area contributed by atoms with Crippen molar-refractivity contribution >= 4 is 0 Å². The van der Waals surface area contributed by atoms with Crippen LogP contribution in [0.1, 0.15) is 52.1 Å². The van der Waals surface area contributed by atoms with Gasteiger partial charge in [0.05, 0.1) is 7.11 Å². The SMILES string of the molecule is COc1nccnc1C1(O)CCCCC1C(C)(C)C. The Kier molecular flexibility index (Phi) is 3.81. The average molecular weight is 264 g/mol. The summed E-state index contributed by atoms with van der Waals surface area (Å²) in [5, 5.41) is 11.3. The van der Waals surface area contributed by atoms with Crippen LogP contribution in [-0.4, -0.2) is 22.2 Å². The molecule has 106 valence electrons. The van der Waals surface area contributed by atoms with Crippen molar-refractivity contribution in [2.45, 2.75) is 52.1 Å². The van der Waals surface area contributed by atoms with Gasteiger partial charge in [-0.25, -0.2) is 4.98 Å². The summed E-state index contributed by atoms with van der Waals surface area (Å²) in [6.45, 7) is 6.53. The molecule has 1 saturated carbocycles. The summed E-state index contributed by atoms with van der Waals surface area (Å²) in [4.78, 5) is 8.56. The first kappa shape index (κ1) is 14.3. The highest BCUT2D eigenvalue weighted by Crippen LogP contribution is 2.50. The molecule has 1 N–H and O–H groups in total. The smallest absolute Gasteiger partial charge is 0.238 e. The van der Waals surface area contributed by atoms with Crippen molar-refractivity contribution in [3.8, 4) is 5.88 Å². The van der Waals surface area contributed by atoms with Gasteiger partial charge in [-0.2, -0.15) is 0 Å². The minimum Gasteiger partial charge on any atom is -0.480 e. The molecule has 0 radical (unpaired) electrons. The summed E-state index contributed by atoms with van der Waals surface area (Å²) in [7, 11) is 1.58. The van der Waals surface area contributed by atoms with E-state index in [-0.39, 0.29) is 11.3 Å². The number of hydrogen-bond donors (Lipinski definition) is 1. The standard InChI is InChI=1S/C15H24N2O2/c1-14(2,3)11-7-5-6-8-15(11,18)12-13(19-4)17-10-9-16-12/h9-11,18H,5-8H2,1-4H3. The van der Waals surface area contributed by atoms with Gasteiger partial charge in [0, 0.05) is 12.4 Å². The van der Waals surface area contributed by atoms with Gasteiger partial charge in [-0.1, -0.05) is 33.6 Å². The first-order valence-electron chi connectivity index (χ1n) is 6.97. The molecule has 1 fully saturated rings. The topological polar surface area (TPSA) is 55.2 Å². The van der Waals surface area contributed by atoms with Crippen molar-refractivity contribution in [3.05, 3.63) is 18.1 Å². The zero-order valence-corrected chi connectivity index (χ0v) is 12.3. The lowest BCUT2D eigenvalue weighted by atomic mass is 9.62. The monoisotopic (exact) mass is 264 g/mol. The van der Waals surface area contributed by atoms with Crippen LogP contribution in [0.5, 0.6) is 5.88 Å². The summed E-state index contributed by atoms with van der Waals surface area (Å²) >= 11 is 0. The van der Waals surface area contributed by atoms with Gasteiger partial charge in [0.1, 0.15) is 11.3 Å². The van der Waals surface area contributed by atoms with E-state index in [1.165, 1.54) is 0 Å². The number of methoxy groups -OCH3 is 1. The fourth-order valence-corrected chi connectivity index (χ4v) is 3.36. The van der Waals surface area contributed by atoms with Crippen LogP contribution in [0.4, 0.5) is 0 Å². The Labute approximate surface area is 115 Å². The number of aromatic nitrogens is 2. The van der Waals surface area contributed by atoms with Crippen molar-refractivity contribution in [2.24, 2.45) is 11.3 Å². The summed E-state index contributed by atoms with van der Waals surface area (Å²) in [6, 6.07) is 0. The fourth-order valence-electron chi connectivity index (χ4n) is 3.36. The Morgan fingerprint density at radius 3 is 2.58 bits per heavy atom. The largest absolute Gasteiger partial charge is 0.480 e. The average Bonchev–Trinajstić information content (AvgIpc) is 2.38. The van der Waals surface area contributed by atoms with Crippen molar-refractivity contribution in [1.29, 1.82) is 0 Å². The molecule has 1 aliphatic carbocycles. The molecule has 1 heterocycles. The van der Waals surface area contributed by atoms with Crippen LogP contribution in [-0.2, 0) is 5.60 Å². The van der Waals surface area contributed by atoms with Crippen LogP contribution in [0.25, 0.3) is 0 Å². The quantitative estimate of drug-likeness (QED) is 0.892. The molecule has 4 nitrogen and oxygen atoms in total. The first-order chi connectivity index (χ1) is 8.89. The van der Waals surface area contributed by atoms with Gasteiger partial charge in [-0.15, -0.1) is 0 Å². The Morgan fingerprint density at radius 1 is 1.26 bits per heavy atom. The molecule has 19 heavy (non-hydrogen) atoms. The van der Waals surface area contributed by atoms with Crippen LogP contribution >= 0.6 is 0 Å². The van der Waals surface area contributed by atoms with E-state index in [1.807, 2.05) is 0 Å². The third kappa shape index (κ3) is 2.59. The molecule has 0 aliphatic heterocycles. The second kappa shape index (κ2) is 5.08. The Balaban J connectivity index is 2.48. The first-order valence-corrected chi connectivity index (χ1v) is 6.97. The van der Waals surface area contributed by atoms with E-state index in [1.54, 1.807) is 19.5 Å². The summed E-state index contributed by atoms with van der Waals surface area (Å²) in [6.07, 6.45) is 7.14. The van der Waals surface area contributed by atoms with Crippen molar-refractivity contribution in [2.75, 3.05) is 7.11 Å². The summed E-state index contributed by atoms with van der Waals surface area (Å²) < 4.78 is 5.29. The second-order valence-corrected chi connectivity index (χ2v) is 6.50. The molecule has 1 aromatic rings. The molecule has 0 spiro atoms. The van der Waals surface area contributed by atoms with Crippen molar-refractivity contribution < 1.29 is 9.84 Å². The molecule has 2 atom stereocenters. The van der Waals surface area contributed by atoms with Crippen LogP contribution in [0.15, 0.2) is 12.4 Å². The summed E-state index contributed by atoms with van der Waals surface area (Å²) in [5.74, 6) is 0.612. The van der Waals surface area contributed by atoms with Crippen molar-refractivity contribution in [3.63, 3.8) is 0 Å². The lowest BCUT2D eigenvalue weighted by Gasteiger charge is -2.46. The molecule has 1 aromatic heterocycles. The molecule has 0 saturated heterocycles. The van der Waals surface area contributed by atoms with E-state index in [9.17, 15) is 5.11 Å².